The van der Waals surface area contributed by atoms with Crippen molar-refractivity contribution < 1.29 is 19.1 Å². The number of amides is 2. The number of H-pyrrole nitrogens is 1. The van der Waals surface area contributed by atoms with Crippen molar-refractivity contribution >= 4 is 56.5 Å². The number of ether oxygens (including phenoxy) is 2. The Bertz CT molecular complexity index is 1870. The van der Waals surface area contributed by atoms with Crippen LogP contribution in [0, 0.1) is 36.5 Å². The Morgan fingerprint density at radius 3 is 2.48 bits per heavy atom. The van der Waals surface area contributed by atoms with Crippen molar-refractivity contribution in [1.29, 1.82) is 0 Å². The molecule has 0 radical (unpaired) electrons. The quantitative estimate of drug-likeness (QED) is 0.225. The molecular weight excluding hydrogens is 660 g/mol. The van der Waals surface area contributed by atoms with E-state index in [1.165, 1.54) is 21.8 Å². The Hall–Kier alpha value is -3.34. The van der Waals surface area contributed by atoms with E-state index in [2.05, 4.69) is 46.0 Å². The van der Waals surface area contributed by atoms with Gasteiger partial charge in [0.05, 0.1) is 29.7 Å². The summed E-state index contributed by atoms with van der Waals surface area (Å²) >= 11 is 6.39. The summed E-state index contributed by atoms with van der Waals surface area (Å²) in [6, 6.07) is 21.6. The van der Waals surface area contributed by atoms with Crippen LogP contribution in [0.1, 0.15) is 33.9 Å². The molecule has 2 saturated carbocycles. The number of rotatable bonds is 6. The number of anilines is 1. The van der Waals surface area contributed by atoms with Gasteiger partial charge in [-0.05, 0) is 78.6 Å². The number of hydrogen-bond donors (Lipinski definition) is 1. The molecule has 2 bridgehead atoms. The van der Waals surface area contributed by atoms with Crippen LogP contribution in [-0.4, -0.2) is 29.2 Å². The molecule has 1 saturated heterocycles. The number of benzene rings is 3. The van der Waals surface area contributed by atoms with Crippen LogP contribution in [0.25, 0.3) is 0 Å². The van der Waals surface area contributed by atoms with Gasteiger partial charge in [0, 0.05) is 20.5 Å². The van der Waals surface area contributed by atoms with Crippen LogP contribution in [0.5, 0.6) is 11.5 Å². The third-order valence-corrected chi connectivity index (χ3v) is 12.9. The van der Waals surface area contributed by atoms with Gasteiger partial charge in [0.1, 0.15) is 6.61 Å². The predicted molar refractivity (Wildman–Crippen MR) is 174 cm³/mol. The second-order valence-electron chi connectivity index (χ2n) is 12.1. The molecule has 1 N–H and O–H groups in total. The lowest BCUT2D eigenvalue weighted by Crippen LogP contribution is -2.42. The summed E-state index contributed by atoms with van der Waals surface area (Å²) in [5.41, 5.74) is 3.91. The second kappa shape index (κ2) is 10.6. The molecule has 44 heavy (non-hydrogen) atoms. The minimum absolute atomic E-state index is 0.0398. The fraction of sp³-hybridized carbons (Fsp3) is 0.324. The number of aromatic amines is 1. The third kappa shape index (κ3) is 4.32. The highest BCUT2D eigenvalue weighted by molar-refractivity contribution is 9.10. The van der Waals surface area contributed by atoms with Gasteiger partial charge in [-0.2, -0.15) is 0 Å². The fourth-order valence-electron chi connectivity index (χ4n) is 8.19. The van der Waals surface area contributed by atoms with Gasteiger partial charge in [0.25, 0.3) is 0 Å². The molecule has 2 aliphatic heterocycles. The Morgan fingerprint density at radius 1 is 0.955 bits per heavy atom. The number of halogens is 1. The number of thiazole rings is 1. The predicted octanol–water partition coefficient (Wildman–Crippen LogP) is 6.77. The average Bonchev–Trinajstić information content (AvgIpc) is 3.75. The Balaban J connectivity index is 1.15. The van der Waals surface area contributed by atoms with Crippen molar-refractivity contribution in [2.45, 2.75) is 36.1 Å². The highest BCUT2D eigenvalue weighted by Crippen LogP contribution is 2.68. The lowest BCUT2D eigenvalue weighted by atomic mass is 9.68. The number of imide groups is 1. The molecule has 8 rings (SSSR count). The van der Waals surface area contributed by atoms with Crippen LogP contribution < -0.4 is 19.2 Å². The number of carbonyl (C=O) groups is 2. The summed E-state index contributed by atoms with van der Waals surface area (Å²) in [6.07, 6.45) is 0.841. The normalized spacial score (nSPS) is 28.2. The molecule has 0 unspecified atom stereocenters. The standard InChI is InChI=1S/C34H29BrN2O5S2/c1-16-4-3-5-17(12-16)15-42-23-11-6-18(13-24(23)41-2)25-26-21-14-22(29(26)43-31-30(25)44-34(40)36-31)28-27(21)32(38)37(33(28)39)20-9-7-19(35)8-10-20/h3-13,21-22,25-29H,14-15H2,1-2H3,(H,36,40)/t21-,22-,25+,26+,27+,28+,29-/m1/s1. The first-order valence-electron chi connectivity index (χ1n) is 14.7. The average molecular weight is 690 g/mol. The number of thioether (sulfide) groups is 1. The maximum Gasteiger partial charge on any atom is 0.305 e. The van der Waals surface area contributed by atoms with E-state index in [1.54, 1.807) is 18.9 Å². The molecular formula is C34H29BrN2O5S2. The van der Waals surface area contributed by atoms with E-state index in [4.69, 9.17) is 9.47 Å². The van der Waals surface area contributed by atoms with Gasteiger partial charge in [0.15, 0.2) is 11.5 Å². The number of methoxy groups -OCH3 is 1. The van der Waals surface area contributed by atoms with Gasteiger partial charge in [0.2, 0.25) is 11.8 Å². The first-order chi connectivity index (χ1) is 21.3. The number of carbonyl (C=O) groups excluding carboxylic acids is 2. The molecule has 0 spiro atoms. The van der Waals surface area contributed by atoms with Crippen molar-refractivity contribution in [2.75, 3.05) is 12.0 Å². The Kier molecular flexibility index (Phi) is 6.80. The second-order valence-corrected chi connectivity index (χ2v) is 15.3. The van der Waals surface area contributed by atoms with Crippen LogP contribution in [0.15, 0.2) is 81.0 Å². The Labute approximate surface area is 271 Å². The SMILES string of the molecule is COc1cc([C@@H]2c3sc(=O)[nH]c3S[C@@H]3[C@@H]4C[C@@H]([C@@H]5C(=O)N(c6ccc(Br)cc6)C(=O)[C@@H]45)[C@@H]23)ccc1OCc1cccc(C)c1. The highest BCUT2D eigenvalue weighted by atomic mass is 79.9. The lowest BCUT2D eigenvalue weighted by molar-refractivity contribution is -0.123. The summed E-state index contributed by atoms with van der Waals surface area (Å²) in [4.78, 5) is 45.9. The van der Waals surface area contributed by atoms with E-state index in [0.717, 1.165) is 31.9 Å². The van der Waals surface area contributed by atoms with Crippen molar-refractivity contribution in [3.8, 4) is 11.5 Å². The Morgan fingerprint density at radius 2 is 1.73 bits per heavy atom. The molecule has 10 heteroatoms. The summed E-state index contributed by atoms with van der Waals surface area (Å²) in [6.45, 7) is 2.48. The van der Waals surface area contributed by atoms with Crippen molar-refractivity contribution in [3.05, 3.63) is 102 Å². The van der Waals surface area contributed by atoms with Crippen molar-refractivity contribution in [1.82, 2.24) is 4.98 Å². The molecule has 1 aromatic heterocycles. The third-order valence-electron chi connectivity index (χ3n) is 9.83. The summed E-state index contributed by atoms with van der Waals surface area (Å²) in [7, 11) is 1.64. The first kappa shape index (κ1) is 28.2. The van der Waals surface area contributed by atoms with E-state index in [9.17, 15) is 14.4 Å². The van der Waals surface area contributed by atoms with Gasteiger partial charge < -0.3 is 14.5 Å². The summed E-state index contributed by atoms with van der Waals surface area (Å²) in [5.74, 6) is 0.528. The smallest absolute Gasteiger partial charge is 0.305 e. The van der Waals surface area contributed by atoms with Gasteiger partial charge in [-0.15, -0.1) is 11.8 Å². The number of aromatic nitrogens is 1. The van der Waals surface area contributed by atoms with E-state index in [-0.39, 0.29) is 57.4 Å². The molecule has 4 aliphatic rings. The van der Waals surface area contributed by atoms with Crippen LogP contribution in [0.3, 0.4) is 0 Å². The van der Waals surface area contributed by atoms with E-state index >= 15 is 0 Å². The molecule has 4 aromatic rings. The molecule has 3 aromatic carbocycles. The molecule has 3 fully saturated rings. The monoisotopic (exact) mass is 688 g/mol. The van der Waals surface area contributed by atoms with Crippen LogP contribution in [0.2, 0.25) is 0 Å². The minimum Gasteiger partial charge on any atom is -0.493 e. The highest BCUT2D eigenvalue weighted by Gasteiger charge is 2.69. The van der Waals surface area contributed by atoms with Crippen LogP contribution in [0.4, 0.5) is 5.69 Å². The molecule has 2 aliphatic carbocycles. The van der Waals surface area contributed by atoms with E-state index in [1.807, 2.05) is 48.5 Å². The van der Waals surface area contributed by atoms with Gasteiger partial charge in [-0.3, -0.25) is 19.3 Å². The van der Waals surface area contributed by atoms with Gasteiger partial charge >= 0.3 is 4.87 Å². The zero-order chi connectivity index (χ0) is 30.3. The summed E-state index contributed by atoms with van der Waals surface area (Å²) < 4.78 is 12.9. The number of hydrogen-bond acceptors (Lipinski definition) is 7. The summed E-state index contributed by atoms with van der Waals surface area (Å²) in [5, 5.41) is 1.00. The number of nitrogens with zero attached hydrogens (tertiary/aromatic N) is 1. The minimum atomic E-state index is -0.350. The maximum absolute atomic E-state index is 14.0. The van der Waals surface area contributed by atoms with Crippen LogP contribution >= 0.6 is 39.0 Å². The number of nitrogens with one attached hydrogen (secondary N) is 1. The molecule has 224 valence electrons. The van der Waals surface area contributed by atoms with Crippen LogP contribution in [-0.2, 0) is 16.2 Å². The zero-order valence-corrected chi connectivity index (χ0v) is 27.2. The lowest BCUT2D eigenvalue weighted by Gasteiger charge is -2.43. The topological polar surface area (TPSA) is 88.7 Å². The van der Waals surface area contributed by atoms with Crippen molar-refractivity contribution in [2.24, 2.45) is 29.6 Å². The van der Waals surface area contributed by atoms with E-state index < -0.39 is 0 Å². The molecule has 7 nitrogen and oxygen atoms in total. The molecule has 3 heterocycles. The largest absolute Gasteiger partial charge is 0.493 e. The zero-order valence-electron chi connectivity index (χ0n) is 24.0. The number of aryl methyl sites for hydroxylation is 1. The fourth-order valence-corrected chi connectivity index (χ4v) is 11.3. The first-order valence-corrected chi connectivity index (χ1v) is 17.2. The number of fused-ring (bicyclic) bond motifs is 9. The molecule has 2 amide bonds. The maximum atomic E-state index is 14.0. The molecule has 7 atom stereocenters. The van der Waals surface area contributed by atoms with Crippen molar-refractivity contribution in [3.63, 3.8) is 0 Å². The van der Waals surface area contributed by atoms with Gasteiger partial charge in [-0.25, -0.2) is 0 Å². The van der Waals surface area contributed by atoms with E-state index in [0.29, 0.717) is 23.8 Å². The van der Waals surface area contributed by atoms with Gasteiger partial charge in [-0.1, -0.05) is 63.2 Å².